The van der Waals surface area contributed by atoms with Crippen molar-refractivity contribution >= 4 is 27.6 Å². The Labute approximate surface area is 82.4 Å². The highest BCUT2D eigenvalue weighted by molar-refractivity contribution is 7.20. The number of hydrogen-bond acceptors (Lipinski definition) is 3. The van der Waals surface area contributed by atoms with Gasteiger partial charge in [0.25, 0.3) is 0 Å². The van der Waals surface area contributed by atoms with Crippen LogP contribution in [-0.4, -0.2) is 11.3 Å². The second-order valence-electron chi connectivity index (χ2n) is 2.57. The van der Waals surface area contributed by atoms with Crippen LogP contribution in [0.3, 0.4) is 0 Å². The Bertz CT molecular complexity index is 492. The minimum atomic E-state index is -1.50. The highest BCUT2D eigenvalue weighted by Crippen LogP contribution is 2.35. The summed E-state index contributed by atoms with van der Waals surface area (Å²) in [6.45, 7) is 0. The van der Waals surface area contributed by atoms with Crippen LogP contribution < -0.4 is 4.74 Å². The lowest BCUT2D eigenvalue weighted by Gasteiger charge is -1.92. The Morgan fingerprint density at radius 2 is 2.14 bits per heavy atom. The van der Waals surface area contributed by atoms with Crippen LogP contribution in [-0.2, 0) is 0 Å². The molecule has 0 amide bonds. The van der Waals surface area contributed by atoms with E-state index >= 15 is 0 Å². The van der Waals surface area contributed by atoms with E-state index in [0.29, 0.717) is 10.1 Å². The fourth-order valence-electron chi connectivity index (χ4n) is 1.14. The largest absolute Gasteiger partial charge is 0.512 e. The van der Waals surface area contributed by atoms with Gasteiger partial charge in [-0.1, -0.05) is 29.5 Å². The summed E-state index contributed by atoms with van der Waals surface area (Å²) >= 11 is 0.974. The third-order valence-corrected chi connectivity index (χ3v) is 2.71. The summed E-state index contributed by atoms with van der Waals surface area (Å²) in [4.78, 5) is 10.2. The zero-order valence-corrected chi connectivity index (χ0v) is 7.68. The van der Waals surface area contributed by atoms with Crippen molar-refractivity contribution in [3.05, 3.63) is 30.1 Å². The lowest BCUT2D eigenvalue weighted by molar-refractivity contribution is 0.144. The molecule has 0 spiro atoms. The maximum atomic E-state index is 13.4. The van der Waals surface area contributed by atoms with Crippen LogP contribution in [0.4, 0.5) is 9.18 Å². The molecule has 0 aliphatic rings. The molecule has 1 N–H and O–H groups in total. The second kappa shape index (κ2) is 3.26. The van der Waals surface area contributed by atoms with Crippen molar-refractivity contribution in [2.24, 2.45) is 0 Å². The monoisotopic (exact) mass is 212 g/mol. The van der Waals surface area contributed by atoms with Crippen molar-refractivity contribution in [2.75, 3.05) is 0 Å². The van der Waals surface area contributed by atoms with E-state index in [-0.39, 0.29) is 5.06 Å². The molecular formula is C9H5FO3S. The molecule has 0 radical (unpaired) electrons. The molecule has 0 aliphatic carbocycles. The van der Waals surface area contributed by atoms with E-state index in [0.717, 1.165) is 11.3 Å². The van der Waals surface area contributed by atoms with Gasteiger partial charge in [-0.2, -0.15) is 0 Å². The van der Waals surface area contributed by atoms with E-state index in [2.05, 4.69) is 4.74 Å². The number of ether oxygens (including phenoxy) is 1. The number of halogens is 1. The highest BCUT2D eigenvalue weighted by atomic mass is 32.1. The normalized spacial score (nSPS) is 10.4. The molecule has 2 rings (SSSR count). The van der Waals surface area contributed by atoms with Crippen LogP contribution in [0.15, 0.2) is 24.3 Å². The number of carboxylic acid groups (broad SMARTS) is 1. The zero-order valence-electron chi connectivity index (χ0n) is 6.86. The fourth-order valence-corrected chi connectivity index (χ4v) is 2.06. The molecule has 72 valence electrons. The number of fused-ring (bicyclic) bond motifs is 1. The van der Waals surface area contributed by atoms with Crippen LogP contribution in [0.2, 0.25) is 0 Å². The quantitative estimate of drug-likeness (QED) is 0.739. The van der Waals surface area contributed by atoms with E-state index in [1.807, 2.05) is 0 Å². The van der Waals surface area contributed by atoms with Gasteiger partial charge in [0.05, 0.1) is 0 Å². The molecule has 3 nitrogen and oxygen atoms in total. The van der Waals surface area contributed by atoms with E-state index in [9.17, 15) is 9.18 Å². The van der Waals surface area contributed by atoms with Crippen LogP contribution in [0.25, 0.3) is 10.1 Å². The van der Waals surface area contributed by atoms with Gasteiger partial charge < -0.3 is 9.84 Å². The fraction of sp³-hybridized carbons (Fsp3) is 0. The maximum absolute atomic E-state index is 13.4. The molecule has 0 saturated carbocycles. The summed E-state index contributed by atoms with van der Waals surface area (Å²) in [5.41, 5.74) is 0. The summed E-state index contributed by atoms with van der Waals surface area (Å²) in [6, 6.07) is 6.72. The van der Waals surface area contributed by atoms with Gasteiger partial charge in [0.1, 0.15) is 0 Å². The van der Waals surface area contributed by atoms with Gasteiger partial charge >= 0.3 is 6.16 Å². The van der Waals surface area contributed by atoms with Crippen molar-refractivity contribution in [1.29, 1.82) is 0 Å². The average Bonchev–Trinajstić information content (AvgIpc) is 2.44. The maximum Gasteiger partial charge on any atom is 0.512 e. The van der Waals surface area contributed by atoms with E-state index < -0.39 is 12.0 Å². The number of carbonyl (C=O) groups is 1. The van der Waals surface area contributed by atoms with Crippen LogP contribution >= 0.6 is 11.3 Å². The first-order chi connectivity index (χ1) is 6.68. The molecule has 1 heterocycles. The molecule has 14 heavy (non-hydrogen) atoms. The first-order valence-corrected chi connectivity index (χ1v) is 4.58. The smallest absolute Gasteiger partial charge is 0.449 e. The first kappa shape index (κ1) is 8.96. The minimum absolute atomic E-state index is 0.210. The summed E-state index contributed by atoms with van der Waals surface area (Å²) in [5, 5.41) is 8.51. The molecule has 0 fully saturated rings. The topological polar surface area (TPSA) is 46.5 Å². The SMILES string of the molecule is O=C(O)Oc1sc2ccccc2c1F. The minimum Gasteiger partial charge on any atom is -0.449 e. The van der Waals surface area contributed by atoms with Crippen molar-refractivity contribution < 1.29 is 19.0 Å². The predicted molar refractivity (Wildman–Crippen MR) is 50.4 cm³/mol. The Morgan fingerprint density at radius 3 is 2.79 bits per heavy atom. The third kappa shape index (κ3) is 1.42. The number of rotatable bonds is 1. The average molecular weight is 212 g/mol. The summed E-state index contributed by atoms with van der Waals surface area (Å²) in [6.07, 6.45) is -1.50. The molecule has 0 saturated heterocycles. The van der Waals surface area contributed by atoms with E-state index in [1.165, 1.54) is 0 Å². The van der Waals surface area contributed by atoms with E-state index in [4.69, 9.17) is 5.11 Å². The van der Waals surface area contributed by atoms with Gasteiger partial charge in [0.15, 0.2) is 5.82 Å². The van der Waals surface area contributed by atoms with Crippen LogP contribution in [0.1, 0.15) is 0 Å². The predicted octanol–water partition coefficient (Wildman–Crippen LogP) is 3.10. The molecule has 0 bridgehead atoms. The number of hydrogen-bond donors (Lipinski definition) is 1. The van der Waals surface area contributed by atoms with Crippen molar-refractivity contribution in [2.45, 2.75) is 0 Å². The van der Waals surface area contributed by atoms with Gasteiger partial charge in [0, 0.05) is 10.1 Å². The number of thiophene rings is 1. The van der Waals surface area contributed by atoms with Crippen LogP contribution in [0, 0.1) is 5.82 Å². The van der Waals surface area contributed by atoms with Gasteiger partial charge in [-0.25, -0.2) is 9.18 Å². The molecule has 1 aromatic carbocycles. The molecule has 2 aromatic rings. The second-order valence-corrected chi connectivity index (χ2v) is 3.58. The summed E-state index contributed by atoms with van der Waals surface area (Å²) in [7, 11) is 0. The highest BCUT2D eigenvalue weighted by Gasteiger charge is 2.14. The van der Waals surface area contributed by atoms with Crippen molar-refractivity contribution in [3.8, 4) is 5.06 Å². The third-order valence-electron chi connectivity index (χ3n) is 1.69. The van der Waals surface area contributed by atoms with Crippen molar-refractivity contribution in [1.82, 2.24) is 0 Å². The van der Waals surface area contributed by atoms with Crippen molar-refractivity contribution in [3.63, 3.8) is 0 Å². The Morgan fingerprint density at radius 1 is 1.43 bits per heavy atom. The van der Waals surface area contributed by atoms with Gasteiger partial charge in [-0.15, -0.1) is 0 Å². The van der Waals surface area contributed by atoms with Crippen LogP contribution in [0.5, 0.6) is 5.06 Å². The van der Waals surface area contributed by atoms with Gasteiger partial charge in [0.2, 0.25) is 5.06 Å². The summed E-state index contributed by atoms with van der Waals surface area (Å²) < 4.78 is 18.4. The lowest BCUT2D eigenvalue weighted by Crippen LogP contribution is -2.02. The molecule has 0 atom stereocenters. The molecular weight excluding hydrogens is 207 g/mol. The molecule has 0 aliphatic heterocycles. The first-order valence-electron chi connectivity index (χ1n) is 3.76. The molecule has 5 heteroatoms. The van der Waals surface area contributed by atoms with E-state index in [1.54, 1.807) is 24.3 Å². The standard InChI is InChI=1S/C9H5FO3S/c10-7-5-3-1-2-4-6(5)14-8(7)13-9(11)12/h1-4H,(H,11,12). The Hall–Kier alpha value is -1.62. The zero-order chi connectivity index (χ0) is 10.1. The molecule has 0 unspecified atom stereocenters. The number of benzene rings is 1. The molecule has 1 aromatic heterocycles. The lowest BCUT2D eigenvalue weighted by atomic mass is 10.2. The van der Waals surface area contributed by atoms with Gasteiger partial charge in [-0.3, -0.25) is 0 Å². The van der Waals surface area contributed by atoms with Gasteiger partial charge in [-0.05, 0) is 6.07 Å². The Balaban J connectivity index is 2.57. The summed E-state index contributed by atoms with van der Waals surface area (Å²) in [5.74, 6) is -0.618. The Kier molecular flexibility index (Phi) is 2.09.